The first-order valence-electron chi connectivity index (χ1n) is 15.5. The number of aliphatic hydroxyl groups is 1. The van der Waals surface area contributed by atoms with E-state index in [1.807, 2.05) is 73.7 Å². The van der Waals surface area contributed by atoms with E-state index in [-0.39, 0.29) is 31.4 Å². The predicted molar refractivity (Wildman–Crippen MR) is 164 cm³/mol. The van der Waals surface area contributed by atoms with Crippen LogP contribution >= 0.6 is 0 Å². The fraction of sp³-hybridized carbons (Fsp3) is 0.429. The minimum Gasteiger partial charge on any atom is -0.455 e. The van der Waals surface area contributed by atoms with Crippen molar-refractivity contribution in [3.63, 3.8) is 0 Å². The van der Waals surface area contributed by atoms with Gasteiger partial charge in [-0.2, -0.15) is 0 Å². The van der Waals surface area contributed by atoms with E-state index >= 15 is 0 Å². The van der Waals surface area contributed by atoms with Crippen molar-refractivity contribution < 1.29 is 33.8 Å². The second-order valence-electron chi connectivity index (χ2n) is 12.2. The van der Waals surface area contributed by atoms with Gasteiger partial charge in [0, 0.05) is 33.1 Å². The van der Waals surface area contributed by atoms with Crippen molar-refractivity contribution in [2.45, 2.75) is 56.2 Å². The van der Waals surface area contributed by atoms with Crippen molar-refractivity contribution in [1.82, 2.24) is 14.7 Å². The van der Waals surface area contributed by atoms with Crippen LogP contribution in [0.3, 0.4) is 0 Å². The largest absolute Gasteiger partial charge is 0.455 e. The molecule has 7 atom stereocenters. The SMILES string of the molecule is C[C@H]1[C@H](c2ccccc2)OC(=O)[C@@H]2[C@H](/C=C\CCC(=O)N1C)O[C@@]13C=CCN(Cc4ccccc4)C(=O)[C@@H]1N(CCO)C(=O)[C@@H]23. The van der Waals surface area contributed by atoms with Gasteiger partial charge >= 0.3 is 5.97 Å². The minimum atomic E-state index is -1.45. The molecule has 0 saturated carbocycles. The van der Waals surface area contributed by atoms with Gasteiger partial charge in [0.2, 0.25) is 17.7 Å². The van der Waals surface area contributed by atoms with Crippen LogP contribution in [0.15, 0.2) is 85.0 Å². The van der Waals surface area contributed by atoms with E-state index in [1.165, 1.54) is 4.90 Å². The number of carbonyl (C=O) groups is 4. The Labute approximate surface area is 262 Å². The first-order chi connectivity index (χ1) is 21.8. The molecule has 0 aliphatic carbocycles. The van der Waals surface area contributed by atoms with Gasteiger partial charge in [-0.25, -0.2) is 0 Å². The second-order valence-corrected chi connectivity index (χ2v) is 12.2. The van der Waals surface area contributed by atoms with Crippen molar-refractivity contribution in [3.05, 3.63) is 96.1 Å². The summed E-state index contributed by atoms with van der Waals surface area (Å²) in [5, 5.41) is 9.97. The van der Waals surface area contributed by atoms with Gasteiger partial charge in [-0.1, -0.05) is 85.0 Å². The van der Waals surface area contributed by atoms with Crippen LogP contribution in [-0.2, 0) is 35.2 Å². The van der Waals surface area contributed by atoms with Crippen molar-refractivity contribution in [2.24, 2.45) is 11.8 Å². The Morgan fingerprint density at radius 3 is 2.38 bits per heavy atom. The van der Waals surface area contributed by atoms with E-state index in [2.05, 4.69) is 0 Å². The molecule has 10 nitrogen and oxygen atoms in total. The predicted octanol–water partition coefficient (Wildman–Crippen LogP) is 2.64. The van der Waals surface area contributed by atoms with E-state index in [0.29, 0.717) is 19.5 Å². The monoisotopic (exact) mass is 613 g/mol. The van der Waals surface area contributed by atoms with Crippen molar-refractivity contribution in [3.8, 4) is 0 Å². The number of β-amino-alcohol motifs (C(OH)–C–C–N with tert-alkyl or cyclic N) is 1. The average Bonchev–Trinajstić information content (AvgIpc) is 3.43. The molecule has 2 aromatic carbocycles. The minimum absolute atomic E-state index is 0.0806. The lowest BCUT2D eigenvalue weighted by atomic mass is 9.77. The highest BCUT2D eigenvalue weighted by molar-refractivity contribution is 5.99. The number of fused-ring (bicyclic) bond motifs is 2. The molecular weight excluding hydrogens is 574 g/mol. The Bertz CT molecular complexity index is 1500. The molecule has 2 saturated heterocycles. The van der Waals surface area contributed by atoms with Crippen molar-refractivity contribution in [2.75, 3.05) is 26.7 Å². The summed E-state index contributed by atoms with van der Waals surface area (Å²) in [6.07, 6.45) is 6.10. The number of cyclic esters (lactones) is 1. The molecule has 0 bridgehead atoms. The first kappa shape index (κ1) is 30.7. The summed E-state index contributed by atoms with van der Waals surface area (Å²) >= 11 is 0. The number of esters is 1. The molecule has 6 rings (SSSR count). The summed E-state index contributed by atoms with van der Waals surface area (Å²) in [5.41, 5.74) is 0.202. The Balaban J connectivity index is 1.41. The standard InChI is InChI=1S/C35H39N3O7/c1-23-30(25-14-7-4-8-15-25)44-34(43)28-26(16-9-10-17-27(40)36(23)2)45-35-18-11-19-37(22-24-12-5-3-6-13-24)33(42)31(35)38(20-21-39)32(41)29(28)35/h3-9,11-16,18,23,26,28-31,39H,10,17,19-22H2,1-2H3/b16-9-/t23-,26-,28+,29+,30+,31-,35+/m0/s1. The molecule has 3 amide bonds. The van der Waals surface area contributed by atoms with Crippen LogP contribution in [0.1, 0.15) is 37.0 Å². The third-order valence-electron chi connectivity index (χ3n) is 9.57. The molecule has 236 valence electrons. The number of rotatable bonds is 5. The Hall–Kier alpha value is -4.28. The molecule has 4 heterocycles. The number of ether oxygens (including phenoxy) is 2. The first-order valence-corrected chi connectivity index (χ1v) is 15.5. The Kier molecular flexibility index (Phi) is 8.61. The van der Waals surface area contributed by atoms with Crippen LogP contribution in [-0.4, -0.2) is 94.0 Å². The molecular formula is C35H39N3O7. The maximum atomic E-state index is 14.3. The molecule has 0 radical (unpaired) electrons. The van der Waals surface area contributed by atoms with E-state index in [1.54, 1.807) is 35.1 Å². The zero-order chi connectivity index (χ0) is 31.7. The van der Waals surface area contributed by atoms with Crippen molar-refractivity contribution in [1.29, 1.82) is 0 Å². The number of aliphatic hydroxyl groups excluding tert-OH is 1. The van der Waals surface area contributed by atoms with Crippen LogP contribution in [0.4, 0.5) is 0 Å². The number of likely N-dealkylation sites (tertiary alicyclic amines) is 1. The lowest BCUT2D eigenvalue weighted by Crippen LogP contribution is -2.55. The number of allylic oxidation sites excluding steroid dienone is 1. The van der Waals surface area contributed by atoms with E-state index in [9.17, 15) is 24.3 Å². The lowest BCUT2D eigenvalue weighted by Gasteiger charge is -2.35. The molecule has 0 aromatic heterocycles. The molecule has 1 spiro atoms. The zero-order valence-corrected chi connectivity index (χ0v) is 25.5. The third kappa shape index (κ3) is 5.46. The summed E-state index contributed by atoms with van der Waals surface area (Å²) < 4.78 is 13.0. The average molecular weight is 614 g/mol. The summed E-state index contributed by atoms with van der Waals surface area (Å²) in [6.45, 7) is 2.02. The second kappa shape index (κ2) is 12.6. The number of hydrogen-bond acceptors (Lipinski definition) is 7. The number of benzene rings is 2. The lowest BCUT2D eigenvalue weighted by molar-refractivity contribution is -0.164. The Morgan fingerprint density at radius 1 is 0.956 bits per heavy atom. The quantitative estimate of drug-likeness (QED) is 0.407. The topological polar surface area (TPSA) is 117 Å². The van der Waals surface area contributed by atoms with Gasteiger partial charge in [-0.15, -0.1) is 0 Å². The summed E-state index contributed by atoms with van der Waals surface area (Å²) in [6, 6.07) is 17.2. The highest BCUT2D eigenvalue weighted by atomic mass is 16.6. The molecule has 2 fully saturated rings. The number of amides is 3. The smallest absolute Gasteiger partial charge is 0.313 e. The summed E-state index contributed by atoms with van der Waals surface area (Å²) in [4.78, 5) is 60.6. The fourth-order valence-corrected chi connectivity index (χ4v) is 7.23. The maximum absolute atomic E-state index is 14.3. The highest BCUT2D eigenvalue weighted by Crippen LogP contribution is 2.53. The van der Waals surface area contributed by atoms with Gasteiger partial charge < -0.3 is 29.3 Å². The van der Waals surface area contributed by atoms with Gasteiger partial charge in [0.1, 0.15) is 23.7 Å². The number of nitrogens with zero attached hydrogens (tertiary/aromatic N) is 3. The van der Waals surface area contributed by atoms with Gasteiger partial charge in [-0.05, 0) is 24.5 Å². The molecule has 10 heteroatoms. The molecule has 1 N–H and O–H groups in total. The van der Waals surface area contributed by atoms with Crippen LogP contribution < -0.4 is 0 Å². The van der Waals surface area contributed by atoms with Gasteiger partial charge in [0.15, 0.2) is 0 Å². The van der Waals surface area contributed by atoms with Crippen LogP contribution in [0, 0.1) is 11.8 Å². The number of carbonyl (C=O) groups excluding carboxylic acids is 4. The van der Waals surface area contributed by atoms with Gasteiger partial charge in [0.05, 0.1) is 24.7 Å². The number of likely N-dealkylation sites (N-methyl/N-ethyl adjacent to an activating group) is 1. The van der Waals surface area contributed by atoms with Gasteiger partial charge in [-0.3, -0.25) is 19.2 Å². The number of hydrogen-bond donors (Lipinski definition) is 1. The van der Waals surface area contributed by atoms with Crippen LogP contribution in [0.5, 0.6) is 0 Å². The van der Waals surface area contributed by atoms with E-state index in [0.717, 1.165) is 11.1 Å². The highest BCUT2D eigenvalue weighted by Gasteiger charge is 2.71. The van der Waals surface area contributed by atoms with Crippen LogP contribution in [0.2, 0.25) is 0 Å². The van der Waals surface area contributed by atoms with Gasteiger partial charge in [0.25, 0.3) is 0 Å². The fourth-order valence-electron chi connectivity index (χ4n) is 7.23. The molecule has 45 heavy (non-hydrogen) atoms. The molecule has 4 aliphatic rings. The van der Waals surface area contributed by atoms with E-state index in [4.69, 9.17) is 9.47 Å². The maximum Gasteiger partial charge on any atom is 0.313 e. The zero-order valence-electron chi connectivity index (χ0n) is 25.5. The van der Waals surface area contributed by atoms with Crippen molar-refractivity contribution >= 4 is 23.7 Å². The normalized spacial score (nSPS) is 32.6. The molecule has 4 aliphatic heterocycles. The summed E-state index contributed by atoms with van der Waals surface area (Å²) in [7, 11) is 1.70. The Morgan fingerprint density at radius 2 is 1.67 bits per heavy atom. The summed E-state index contributed by atoms with van der Waals surface area (Å²) in [5.74, 6) is -3.59. The van der Waals surface area contributed by atoms with E-state index < -0.39 is 53.6 Å². The third-order valence-corrected chi connectivity index (χ3v) is 9.57. The molecule has 0 unspecified atom stereocenters. The van der Waals surface area contributed by atoms with Crippen LogP contribution in [0.25, 0.3) is 0 Å². The molecule has 2 aromatic rings.